The maximum absolute atomic E-state index is 12.7. The van der Waals surface area contributed by atoms with Crippen LogP contribution < -0.4 is 0 Å². The molecule has 29 heavy (non-hydrogen) atoms. The number of benzene rings is 2. The molecule has 0 unspecified atom stereocenters. The van der Waals surface area contributed by atoms with Gasteiger partial charge < -0.3 is 4.57 Å². The molecular weight excluding hydrogens is 380 g/mol. The summed E-state index contributed by atoms with van der Waals surface area (Å²) in [6.45, 7) is 8.00. The Morgan fingerprint density at radius 3 is 2.48 bits per heavy atom. The predicted octanol–water partition coefficient (Wildman–Crippen LogP) is 6.08. The molecule has 4 rings (SSSR count). The monoisotopic (exact) mass is 404 g/mol. The lowest BCUT2D eigenvalue weighted by Crippen LogP contribution is -2.36. The van der Waals surface area contributed by atoms with Gasteiger partial charge in [0.2, 0.25) is 0 Å². The summed E-state index contributed by atoms with van der Waals surface area (Å²) in [7, 11) is 0. The predicted molar refractivity (Wildman–Crippen MR) is 120 cm³/mol. The van der Waals surface area contributed by atoms with E-state index in [0.29, 0.717) is 4.91 Å². The van der Waals surface area contributed by atoms with E-state index in [4.69, 9.17) is 0 Å². The largest absolute Gasteiger partial charge is 0.318 e. The molecule has 0 bridgehead atoms. The third kappa shape index (κ3) is 3.40. The molecule has 1 atom stereocenters. The Morgan fingerprint density at radius 1 is 1.03 bits per heavy atom. The first-order valence-electron chi connectivity index (χ1n) is 9.86. The number of aryl methyl sites for hydroxylation is 1. The summed E-state index contributed by atoms with van der Waals surface area (Å²) < 4.78 is 2.19. The fraction of sp³-hybridized carbons (Fsp3) is 0.250. The third-order valence-electron chi connectivity index (χ3n) is 5.60. The minimum atomic E-state index is -0.190. The van der Waals surface area contributed by atoms with E-state index in [1.165, 1.54) is 15.7 Å². The second kappa shape index (κ2) is 7.56. The maximum atomic E-state index is 12.7. The van der Waals surface area contributed by atoms with Crippen LogP contribution in [0.15, 0.2) is 53.4 Å². The highest BCUT2D eigenvalue weighted by Gasteiger charge is 2.37. The minimum absolute atomic E-state index is 0.0848. The van der Waals surface area contributed by atoms with E-state index in [9.17, 15) is 9.59 Å². The van der Waals surface area contributed by atoms with E-state index in [1.54, 1.807) is 0 Å². The molecule has 1 aliphatic heterocycles. The number of carbonyl (C=O) groups excluding carboxylic acids is 2. The van der Waals surface area contributed by atoms with Crippen molar-refractivity contribution in [3.8, 4) is 5.69 Å². The van der Waals surface area contributed by atoms with Gasteiger partial charge in [-0.25, -0.2) is 0 Å². The van der Waals surface area contributed by atoms with E-state index in [1.807, 2.05) is 39.0 Å². The molecule has 1 saturated heterocycles. The molecule has 2 aromatic carbocycles. The summed E-state index contributed by atoms with van der Waals surface area (Å²) in [4.78, 5) is 26.9. The van der Waals surface area contributed by atoms with Gasteiger partial charge in [-0.15, -0.1) is 0 Å². The minimum Gasteiger partial charge on any atom is -0.318 e. The summed E-state index contributed by atoms with van der Waals surface area (Å²) >= 11 is 1.03. The number of amides is 2. The van der Waals surface area contributed by atoms with Crippen LogP contribution in [-0.4, -0.2) is 26.7 Å². The lowest BCUT2D eigenvalue weighted by atomic mass is 10.1. The van der Waals surface area contributed by atoms with Crippen molar-refractivity contribution in [1.29, 1.82) is 0 Å². The fourth-order valence-electron chi connectivity index (χ4n) is 3.83. The second-order valence-corrected chi connectivity index (χ2v) is 8.50. The number of nitrogens with zero attached hydrogens (tertiary/aromatic N) is 2. The Morgan fingerprint density at radius 2 is 1.76 bits per heavy atom. The molecule has 2 heterocycles. The van der Waals surface area contributed by atoms with Crippen molar-refractivity contribution in [2.75, 3.05) is 0 Å². The molecule has 0 spiro atoms. The molecule has 5 heteroatoms. The summed E-state index contributed by atoms with van der Waals surface area (Å²) in [5.41, 5.74) is 4.19. The molecular formula is C24H24N2O2S. The van der Waals surface area contributed by atoms with Crippen LogP contribution in [0.2, 0.25) is 0 Å². The quantitative estimate of drug-likeness (QED) is 0.495. The van der Waals surface area contributed by atoms with E-state index in [0.717, 1.165) is 40.8 Å². The van der Waals surface area contributed by atoms with Gasteiger partial charge >= 0.3 is 0 Å². The molecule has 0 saturated carbocycles. The molecule has 4 nitrogen and oxygen atoms in total. The van der Waals surface area contributed by atoms with Gasteiger partial charge in [0.1, 0.15) is 0 Å². The first-order valence-corrected chi connectivity index (χ1v) is 10.7. The van der Waals surface area contributed by atoms with Crippen LogP contribution in [0.25, 0.3) is 22.5 Å². The Kier molecular flexibility index (Phi) is 5.09. The standard InChI is InChI=1S/C24H24N2O2S/c1-5-15(2)26-23(27)22(29-24(26)28)14-20-12-16(3)25(17(20)4)21-11-10-18-8-6-7-9-19(18)13-21/h6-15H,5H2,1-4H3/b22-14+/t15-/m1/s1. The number of thioether (sulfide) groups is 1. The summed E-state index contributed by atoms with van der Waals surface area (Å²) in [6, 6.07) is 16.7. The zero-order valence-corrected chi connectivity index (χ0v) is 17.9. The maximum Gasteiger partial charge on any atom is 0.293 e. The molecule has 148 valence electrons. The van der Waals surface area contributed by atoms with Gasteiger partial charge in [-0.05, 0) is 79.6 Å². The number of carbonyl (C=O) groups is 2. The highest BCUT2D eigenvalue weighted by Crippen LogP contribution is 2.35. The average molecular weight is 405 g/mol. The van der Waals surface area contributed by atoms with Crippen molar-refractivity contribution in [2.24, 2.45) is 0 Å². The Hall–Kier alpha value is -2.79. The van der Waals surface area contributed by atoms with Gasteiger partial charge in [0.15, 0.2) is 0 Å². The number of fused-ring (bicyclic) bond motifs is 1. The van der Waals surface area contributed by atoms with E-state index in [2.05, 4.69) is 47.9 Å². The van der Waals surface area contributed by atoms with Crippen LogP contribution in [0, 0.1) is 13.8 Å². The molecule has 1 aliphatic rings. The number of aromatic nitrogens is 1. The smallest absolute Gasteiger partial charge is 0.293 e. The number of rotatable bonds is 4. The van der Waals surface area contributed by atoms with Crippen molar-refractivity contribution in [3.05, 3.63) is 70.4 Å². The van der Waals surface area contributed by atoms with Gasteiger partial charge in [0.05, 0.1) is 4.91 Å². The van der Waals surface area contributed by atoms with Crippen molar-refractivity contribution >= 4 is 39.8 Å². The SMILES string of the molecule is CC[C@@H](C)N1C(=O)S/C(=C/c2cc(C)n(-c3ccc4ccccc4c3)c2C)C1=O. The molecule has 2 amide bonds. The first-order chi connectivity index (χ1) is 13.9. The van der Waals surface area contributed by atoms with Crippen molar-refractivity contribution in [1.82, 2.24) is 9.47 Å². The van der Waals surface area contributed by atoms with Crippen LogP contribution in [-0.2, 0) is 4.79 Å². The molecule has 0 radical (unpaired) electrons. The van der Waals surface area contributed by atoms with E-state index < -0.39 is 0 Å². The second-order valence-electron chi connectivity index (χ2n) is 7.50. The fourth-order valence-corrected chi connectivity index (χ4v) is 4.75. The van der Waals surface area contributed by atoms with Crippen LogP contribution in [0.5, 0.6) is 0 Å². The lowest BCUT2D eigenvalue weighted by molar-refractivity contribution is -0.124. The van der Waals surface area contributed by atoms with Crippen molar-refractivity contribution in [3.63, 3.8) is 0 Å². The van der Waals surface area contributed by atoms with Gasteiger partial charge in [-0.3, -0.25) is 14.5 Å². The Labute approximate surface area is 175 Å². The summed E-state index contributed by atoms with van der Waals surface area (Å²) in [5.74, 6) is -0.190. The average Bonchev–Trinajstić information content (AvgIpc) is 3.15. The van der Waals surface area contributed by atoms with Crippen LogP contribution in [0.1, 0.15) is 37.2 Å². The zero-order chi connectivity index (χ0) is 20.7. The van der Waals surface area contributed by atoms with Gasteiger partial charge in [-0.1, -0.05) is 37.3 Å². The molecule has 0 aliphatic carbocycles. The number of hydrogen-bond donors (Lipinski definition) is 0. The lowest BCUT2D eigenvalue weighted by Gasteiger charge is -2.19. The van der Waals surface area contributed by atoms with Crippen molar-refractivity contribution in [2.45, 2.75) is 40.2 Å². The Balaban J connectivity index is 1.73. The van der Waals surface area contributed by atoms with Crippen LogP contribution in [0.4, 0.5) is 4.79 Å². The normalized spacial score (nSPS) is 17.0. The highest BCUT2D eigenvalue weighted by atomic mass is 32.2. The molecule has 1 aromatic heterocycles. The number of hydrogen-bond acceptors (Lipinski definition) is 3. The van der Waals surface area contributed by atoms with Crippen molar-refractivity contribution < 1.29 is 9.59 Å². The van der Waals surface area contributed by atoms with Gasteiger partial charge in [-0.2, -0.15) is 0 Å². The molecule has 3 aromatic rings. The summed E-state index contributed by atoms with van der Waals surface area (Å²) in [5, 5.41) is 2.21. The molecule has 1 fully saturated rings. The number of imide groups is 1. The van der Waals surface area contributed by atoms with Crippen LogP contribution >= 0.6 is 11.8 Å². The topological polar surface area (TPSA) is 42.3 Å². The molecule has 0 N–H and O–H groups in total. The van der Waals surface area contributed by atoms with Gasteiger partial charge in [0.25, 0.3) is 11.1 Å². The Bertz CT molecular complexity index is 1160. The van der Waals surface area contributed by atoms with E-state index in [-0.39, 0.29) is 17.2 Å². The highest BCUT2D eigenvalue weighted by molar-refractivity contribution is 8.18. The zero-order valence-electron chi connectivity index (χ0n) is 17.1. The van der Waals surface area contributed by atoms with E-state index >= 15 is 0 Å². The van der Waals surface area contributed by atoms with Crippen LogP contribution in [0.3, 0.4) is 0 Å². The third-order valence-corrected chi connectivity index (χ3v) is 6.49. The first kappa shape index (κ1) is 19.5. The van der Waals surface area contributed by atoms with Gasteiger partial charge in [0, 0.05) is 23.1 Å². The summed E-state index contributed by atoms with van der Waals surface area (Å²) in [6.07, 6.45) is 2.61.